The molecule has 0 aliphatic heterocycles. The molecule has 0 fully saturated rings. The van der Waals surface area contributed by atoms with Gasteiger partial charge in [-0.1, -0.05) is 33.6 Å². The second-order valence-electron chi connectivity index (χ2n) is 4.02. The summed E-state index contributed by atoms with van der Waals surface area (Å²) in [5.41, 5.74) is 6.27. The Balaban J connectivity index is 2.26. The largest absolute Gasteiger partial charge is 0.366 e. The highest BCUT2D eigenvalue weighted by molar-refractivity contribution is 9.10. The maximum atomic E-state index is 12.1. The number of hydrogen-bond acceptors (Lipinski definition) is 2. The lowest BCUT2D eigenvalue weighted by Crippen LogP contribution is -2.15. The number of anilines is 1. The number of carbonyl (C=O) groups excluding carboxylic acids is 2. The van der Waals surface area contributed by atoms with E-state index in [2.05, 4.69) is 21.2 Å². The number of nitrogens with one attached hydrogen (secondary N) is 1. The van der Waals surface area contributed by atoms with E-state index in [1.54, 1.807) is 36.4 Å². The van der Waals surface area contributed by atoms with E-state index in [9.17, 15) is 9.59 Å². The van der Waals surface area contributed by atoms with Crippen LogP contribution in [-0.4, -0.2) is 11.8 Å². The quantitative estimate of drug-likeness (QED) is 0.887. The molecule has 0 aliphatic carbocycles. The van der Waals surface area contributed by atoms with Crippen molar-refractivity contribution in [2.24, 2.45) is 5.73 Å². The van der Waals surface area contributed by atoms with Gasteiger partial charge >= 0.3 is 0 Å². The Kier molecular flexibility index (Phi) is 4.42. The molecule has 0 atom stereocenters. The monoisotopic (exact) mass is 352 g/mol. The van der Waals surface area contributed by atoms with Gasteiger partial charge in [-0.3, -0.25) is 9.59 Å². The van der Waals surface area contributed by atoms with Gasteiger partial charge in [0.15, 0.2) is 0 Å². The first-order chi connectivity index (χ1) is 9.47. The predicted molar refractivity (Wildman–Crippen MR) is 82.1 cm³/mol. The molecule has 2 rings (SSSR count). The van der Waals surface area contributed by atoms with Crippen molar-refractivity contribution in [1.29, 1.82) is 0 Å². The van der Waals surface area contributed by atoms with Gasteiger partial charge in [0, 0.05) is 15.6 Å². The van der Waals surface area contributed by atoms with Crippen molar-refractivity contribution < 1.29 is 9.59 Å². The van der Waals surface area contributed by atoms with Crippen molar-refractivity contribution >= 4 is 45.0 Å². The number of halogens is 2. The molecule has 3 N–H and O–H groups in total. The first-order valence-electron chi connectivity index (χ1n) is 5.63. The zero-order valence-corrected chi connectivity index (χ0v) is 12.5. The summed E-state index contributed by atoms with van der Waals surface area (Å²) >= 11 is 9.30. The van der Waals surface area contributed by atoms with Crippen LogP contribution in [0, 0.1) is 0 Å². The summed E-state index contributed by atoms with van der Waals surface area (Å²) in [6, 6.07) is 11.3. The number of amides is 2. The highest BCUT2D eigenvalue weighted by Crippen LogP contribution is 2.26. The van der Waals surface area contributed by atoms with Crippen LogP contribution < -0.4 is 11.1 Å². The number of hydrogen-bond donors (Lipinski definition) is 2. The summed E-state index contributed by atoms with van der Waals surface area (Å²) in [5.74, 6) is -0.951. The summed E-state index contributed by atoms with van der Waals surface area (Å²) in [6.45, 7) is 0. The molecule has 0 spiro atoms. The smallest absolute Gasteiger partial charge is 0.255 e. The Hall–Kier alpha value is -1.85. The molecule has 20 heavy (non-hydrogen) atoms. The molecule has 2 aromatic carbocycles. The van der Waals surface area contributed by atoms with Crippen LogP contribution in [0.25, 0.3) is 0 Å². The molecule has 0 bridgehead atoms. The van der Waals surface area contributed by atoms with E-state index in [0.29, 0.717) is 16.3 Å². The lowest BCUT2D eigenvalue weighted by molar-refractivity contribution is 0.1000. The van der Waals surface area contributed by atoms with E-state index in [-0.39, 0.29) is 11.5 Å². The van der Waals surface area contributed by atoms with Gasteiger partial charge in [-0.25, -0.2) is 0 Å². The van der Waals surface area contributed by atoms with Gasteiger partial charge in [-0.05, 0) is 36.4 Å². The molecule has 102 valence electrons. The molecule has 0 aromatic heterocycles. The SMILES string of the molecule is NC(=O)c1cccc(C(=O)Nc2cc(Br)ccc2Cl)c1. The number of rotatable bonds is 3. The van der Waals surface area contributed by atoms with Crippen molar-refractivity contribution in [3.05, 3.63) is 63.1 Å². The molecule has 0 saturated heterocycles. The fourth-order valence-corrected chi connectivity index (χ4v) is 2.13. The fraction of sp³-hybridized carbons (Fsp3) is 0. The normalized spacial score (nSPS) is 10.1. The van der Waals surface area contributed by atoms with Gasteiger partial charge in [0.25, 0.3) is 5.91 Å². The third-order valence-electron chi connectivity index (χ3n) is 2.59. The van der Waals surface area contributed by atoms with Crippen molar-refractivity contribution in [2.45, 2.75) is 0 Å². The van der Waals surface area contributed by atoms with Crippen LogP contribution in [0.3, 0.4) is 0 Å². The molecule has 0 aliphatic rings. The second-order valence-corrected chi connectivity index (χ2v) is 5.35. The van der Waals surface area contributed by atoms with E-state index in [1.165, 1.54) is 6.07 Å². The molecular weight excluding hydrogens is 344 g/mol. The van der Waals surface area contributed by atoms with E-state index in [0.717, 1.165) is 4.47 Å². The van der Waals surface area contributed by atoms with Crippen LogP contribution >= 0.6 is 27.5 Å². The van der Waals surface area contributed by atoms with E-state index in [1.807, 2.05) is 0 Å². The molecule has 0 saturated carbocycles. The van der Waals surface area contributed by atoms with E-state index in [4.69, 9.17) is 17.3 Å². The minimum atomic E-state index is -0.583. The summed E-state index contributed by atoms with van der Waals surface area (Å²) in [4.78, 5) is 23.2. The summed E-state index contributed by atoms with van der Waals surface area (Å²) in [5, 5.41) is 3.10. The molecule has 6 heteroatoms. The Morgan fingerprint density at radius 3 is 2.50 bits per heavy atom. The summed E-state index contributed by atoms with van der Waals surface area (Å²) < 4.78 is 0.795. The Labute approximate surface area is 129 Å². The van der Waals surface area contributed by atoms with Crippen LogP contribution in [0.1, 0.15) is 20.7 Å². The minimum absolute atomic E-state index is 0.276. The second kappa shape index (κ2) is 6.07. The molecule has 0 heterocycles. The van der Waals surface area contributed by atoms with E-state index >= 15 is 0 Å². The van der Waals surface area contributed by atoms with Gasteiger partial charge < -0.3 is 11.1 Å². The number of carbonyl (C=O) groups is 2. The van der Waals surface area contributed by atoms with Crippen LogP contribution in [0.15, 0.2) is 46.9 Å². The van der Waals surface area contributed by atoms with E-state index < -0.39 is 5.91 Å². The maximum Gasteiger partial charge on any atom is 0.255 e. The highest BCUT2D eigenvalue weighted by Gasteiger charge is 2.10. The topological polar surface area (TPSA) is 72.2 Å². The number of nitrogens with two attached hydrogens (primary N) is 1. The van der Waals surface area contributed by atoms with Gasteiger partial charge in [-0.2, -0.15) is 0 Å². The van der Waals surface area contributed by atoms with Crippen molar-refractivity contribution in [3.63, 3.8) is 0 Å². The maximum absolute atomic E-state index is 12.1. The minimum Gasteiger partial charge on any atom is -0.366 e. The van der Waals surface area contributed by atoms with Gasteiger partial charge in [0.1, 0.15) is 0 Å². The average Bonchev–Trinajstić information content (AvgIpc) is 2.43. The van der Waals surface area contributed by atoms with Gasteiger partial charge in [0.2, 0.25) is 5.91 Å². The van der Waals surface area contributed by atoms with Crippen LogP contribution in [0.2, 0.25) is 5.02 Å². The third kappa shape index (κ3) is 3.37. The standard InChI is InChI=1S/C14H10BrClN2O2/c15-10-4-5-11(16)12(7-10)18-14(20)9-3-1-2-8(6-9)13(17)19/h1-7H,(H2,17,19)(H,18,20). The predicted octanol–water partition coefficient (Wildman–Crippen LogP) is 3.45. The van der Waals surface area contributed by atoms with Crippen molar-refractivity contribution in [2.75, 3.05) is 5.32 Å². The van der Waals surface area contributed by atoms with Crippen LogP contribution in [0.4, 0.5) is 5.69 Å². The first-order valence-corrected chi connectivity index (χ1v) is 6.81. The molecule has 2 amide bonds. The molecule has 2 aromatic rings. The summed E-state index contributed by atoms with van der Waals surface area (Å²) in [6.07, 6.45) is 0. The lowest BCUT2D eigenvalue weighted by Gasteiger charge is -2.08. The molecule has 0 unspecified atom stereocenters. The van der Waals surface area contributed by atoms with Crippen LogP contribution in [-0.2, 0) is 0 Å². The fourth-order valence-electron chi connectivity index (χ4n) is 1.60. The van der Waals surface area contributed by atoms with Crippen molar-refractivity contribution in [1.82, 2.24) is 0 Å². The number of primary amides is 1. The Morgan fingerprint density at radius 2 is 1.80 bits per heavy atom. The highest BCUT2D eigenvalue weighted by atomic mass is 79.9. The average molecular weight is 354 g/mol. The first kappa shape index (κ1) is 14.6. The summed E-state index contributed by atoms with van der Waals surface area (Å²) in [7, 11) is 0. The third-order valence-corrected chi connectivity index (χ3v) is 3.41. The molecular formula is C14H10BrClN2O2. The zero-order chi connectivity index (χ0) is 14.7. The lowest BCUT2D eigenvalue weighted by atomic mass is 10.1. The number of benzene rings is 2. The Bertz CT molecular complexity index is 689. The van der Waals surface area contributed by atoms with Crippen LogP contribution in [0.5, 0.6) is 0 Å². The van der Waals surface area contributed by atoms with Gasteiger partial charge in [-0.15, -0.1) is 0 Å². The zero-order valence-electron chi connectivity index (χ0n) is 10.2. The van der Waals surface area contributed by atoms with Gasteiger partial charge in [0.05, 0.1) is 10.7 Å². The molecule has 4 nitrogen and oxygen atoms in total. The Morgan fingerprint density at radius 1 is 1.10 bits per heavy atom. The van der Waals surface area contributed by atoms with Crippen molar-refractivity contribution in [3.8, 4) is 0 Å². The molecule has 0 radical (unpaired) electrons.